The number of aryl methyl sites for hydroxylation is 1. The molecule has 2 aromatic rings. The molecule has 2 heterocycles. The minimum atomic E-state index is -0.788. The van der Waals surface area contributed by atoms with E-state index in [4.69, 9.17) is 0 Å². The van der Waals surface area contributed by atoms with E-state index in [1.54, 1.807) is 6.20 Å². The van der Waals surface area contributed by atoms with Crippen LogP contribution >= 0.6 is 0 Å². The van der Waals surface area contributed by atoms with Gasteiger partial charge < -0.3 is 14.6 Å². The summed E-state index contributed by atoms with van der Waals surface area (Å²) in [5.41, 5.74) is 0.445. The molecule has 0 atom stereocenters. The topological polar surface area (TPSA) is 41.3 Å². The summed E-state index contributed by atoms with van der Waals surface area (Å²) in [7, 11) is 0. The lowest BCUT2D eigenvalue weighted by Crippen LogP contribution is -2.44. The third-order valence-corrected chi connectivity index (χ3v) is 4.31. The fraction of sp³-hybridized carbons (Fsp3) is 0.471. The van der Waals surface area contributed by atoms with E-state index in [1.807, 2.05) is 12.3 Å². The van der Waals surface area contributed by atoms with Crippen LogP contribution in [0.15, 0.2) is 42.7 Å². The van der Waals surface area contributed by atoms with Crippen molar-refractivity contribution in [1.82, 2.24) is 9.55 Å². The Balaban J connectivity index is 1.73. The fourth-order valence-corrected chi connectivity index (χ4v) is 3.14. The van der Waals surface area contributed by atoms with Gasteiger partial charge in [0, 0.05) is 50.6 Å². The van der Waals surface area contributed by atoms with Crippen molar-refractivity contribution in [3.05, 3.63) is 48.5 Å². The highest BCUT2D eigenvalue weighted by molar-refractivity contribution is 5.46. The number of benzene rings is 1. The van der Waals surface area contributed by atoms with E-state index in [-0.39, 0.29) is 0 Å². The largest absolute Gasteiger partial charge is 0.382 e. The maximum Gasteiger partial charge on any atom is 0.140 e. The first kappa shape index (κ1) is 14.1. The van der Waals surface area contributed by atoms with Crippen molar-refractivity contribution in [3.8, 4) is 0 Å². The zero-order valence-electron chi connectivity index (χ0n) is 12.6. The van der Waals surface area contributed by atoms with Crippen LogP contribution in [-0.4, -0.2) is 27.7 Å². The Kier molecular flexibility index (Phi) is 3.97. The number of anilines is 1. The van der Waals surface area contributed by atoms with E-state index in [0.29, 0.717) is 0 Å². The number of hydrogen-bond acceptors (Lipinski definition) is 3. The molecule has 1 aromatic heterocycles. The number of hydrogen-bond donors (Lipinski definition) is 1. The molecule has 1 N–H and O–H groups in total. The Labute approximate surface area is 126 Å². The first-order valence-corrected chi connectivity index (χ1v) is 7.77. The molecule has 3 rings (SSSR count). The summed E-state index contributed by atoms with van der Waals surface area (Å²) in [5.74, 6) is 0.831. The van der Waals surface area contributed by atoms with Gasteiger partial charge in [-0.1, -0.05) is 25.1 Å². The van der Waals surface area contributed by atoms with Crippen molar-refractivity contribution in [2.75, 3.05) is 18.0 Å². The third kappa shape index (κ3) is 2.81. The smallest absolute Gasteiger partial charge is 0.140 e. The number of nitrogens with zero attached hydrogens (tertiary/aromatic N) is 3. The number of rotatable bonds is 4. The summed E-state index contributed by atoms with van der Waals surface area (Å²) in [6.07, 6.45) is 6.27. The average molecular weight is 285 g/mol. The quantitative estimate of drug-likeness (QED) is 0.939. The SMILES string of the molecule is CCCn1ccnc1C1(O)CCN(c2ccccc2)CC1. The molecular weight excluding hydrogens is 262 g/mol. The lowest BCUT2D eigenvalue weighted by molar-refractivity contribution is -0.0000863. The lowest BCUT2D eigenvalue weighted by Gasteiger charge is -2.39. The van der Waals surface area contributed by atoms with Gasteiger partial charge in [-0.05, 0) is 18.6 Å². The van der Waals surface area contributed by atoms with Crippen LogP contribution in [0.5, 0.6) is 0 Å². The van der Waals surface area contributed by atoms with Gasteiger partial charge in [-0.25, -0.2) is 4.98 Å². The van der Waals surface area contributed by atoms with Gasteiger partial charge in [0.2, 0.25) is 0 Å². The minimum Gasteiger partial charge on any atom is -0.382 e. The second-order valence-electron chi connectivity index (χ2n) is 5.80. The Morgan fingerprint density at radius 2 is 1.90 bits per heavy atom. The molecule has 4 heteroatoms. The van der Waals surface area contributed by atoms with Gasteiger partial charge in [0.15, 0.2) is 0 Å². The second kappa shape index (κ2) is 5.90. The van der Waals surface area contributed by atoms with E-state index in [2.05, 4.69) is 45.6 Å². The van der Waals surface area contributed by atoms with Crippen molar-refractivity contribution >= 4 is 5.69 Å². The Morgan fingerprint density at radius 3 is 2.57 bits per heavy atom. The van der Waals surface area contributed by atoms with Crippen molar-refractivity contribution in [2.45, 2.75) is 38.3 Å². The van der Waals surface area contributed by atoms with Crippen LogP contribution in [0, 0.1) is 0 Å². The molecule has 0 spiro atoms. The number of para-hydroxylation sites is 1. The van der Waals surface area contributed by atoms with Crippen molar-refractivity contribution in [2.24, 2.45) is 0 Å². The number of piperidine rings is 1. The van der Waals surface area contributed by atoms with Gasteiger partial charge in [0.05, 0.1) is 0 Å². The summed E-state index contributed by atoms with van der Waals surface area (Å²) in [6.45, 7) is 4.78. The Hall–Kier alpha value is -1.81. The zero-order chi connectivity index (χ0) is 14.7. The monoisotopic (exact) mass is 285 g/mol. The second-order valence-corrected chi connectivity index (χ2v) is 5.80. The zero-order valence-corrected chi connectivity index (χ0v) is 12.6. The Bertz CT molecular complexity index is 571. The van der Waals surface area contributed by atoms with E-state index in [0.717, 1.165) is 44.7 Å². The van der Waals surface area contributed by atoms with Gasteiger partial charge in [0.1, 0.15) is 11.4 Å². The third-order valence-electron chi connectivity index (χ3n) is 4.31. The van der Waals surface area contributed by atoms with Crippen LogP contribution in [0.2, 0.25) is 0 Å². The van der Waals surface area contributed by atoms with Crippen LogP contribution in [0.1, 0.15) is 32.0 Å². The van der Waals surface area contributed by atoms with Crippen LogP contribution in [0.4, 0.5) is 5.69 Å². The van der Waals surface area contributed by atoms with Gasteiger partial charge in [0.25, 0.3) is 0 Å². The number of aliphatic hydroxyl groups is 1. The molecule has 4 nitrogen and oxygen atoms in total. The molecule has 21 heavy (non-hydrogen) atoms. The molecule has 1 aliphatic rings. The summed E-state index contributed by atoms with van der Waals surface area (Å²) >= 11 is 0. The number of imidazole rings is 1. The highest BCUT2D eigenvalue weighted by Crippen LogP contribution is 2.33. The average Bonchev–Trinajstić information content (AvgIpc) is 2.98. The molecule has 1 fully saturated rings. The van der Waals surface area contributed by atoms with Gasteiger partial charge in [-0.15, -0.1) is 0 Å². The standard InChI is InChI=1S/C17H23N3O/c1-2-11-20-14-10-18-16(20)17(21)8-12-19(13-9-17)15-6-4-3-5-7-15/h3-7,10,14,21H,2,8-9,11-13H2,1H3. The van der Waals surface area contributed by atoms with Crippen LogP contribution in [0.25, 0.3) is 0 Å². The maximum atomic E-state index is 11.0. The van der Waals surface area contributed by atoms with E-state index >= 15 is 0 Å². The highest BCUT2D eigenvalue weighted by Gasteiger charge is 2.37. The Morgan fingerprint density at radius 1 is 1.19 bits per heavy atom. The minimum absolute atomic E-state index is 0.725. The van der Waals surface area contributed by atoms with Crippen molar-refractivity contribution in [1.29, 1.82) is 0 Å². The molecule has 1 aliphatic heterocycles. The summed E-state index contributed by atoms with van der Waals surface area (Å²) in [5, 5.41) is 11.0. The molecule has 112 valence electrons. The molecule has 0 bridgehead atoms. The maximum absolute atomic E-state index is 11.0. The van der Waals surface area contributed by atoms with Crippen LogP contribution in [-0.2, 0) is 12.1 Å². The predicted molar refractivity (Wildman–Crippen MR) is 84.3 cm³/mol. The van der Waals surface area contributed by atoms with E-state index in [9.17, 15) is 5.11 Å². The van der Waals surface area contributed by atoms with Crippen molar-refractivity contribution < 1.29 is 5.11 Å². The summed E-state index contributed by atoms with van der Waals surface area (Å²) in [6, 6.07) is 10.4. The lowest BCUT2D eigenvalue weighted by atomic mass is 9.90. The number of aromatic nitrogens is 2. The molecular formula is C17H23N3O. The fourth-order valence-electron chi connectivity index (χ4n) is 3.14. The molecule has 1 aromatic carbocycles. The first-order chi connectivity index (χ1) is 10.2. The molecule has 0 radical (unpaired) electrons. The van der Waals surface area contributed by atoms with Gasteiger partial charge >= 0.3 is 0 Å². The van der Waals surface area contributed by atoms with Crippen LogP contribution < -0.4 is 4.90 Å². The molecule has 0 saturated carbocycles. The molecule has 0 unspecified atom stereocenters. The van der Waals surface area contributed by atoms with Crippen LogP contribution in [0.3, 0.4) is 0 Å². The van der Waals surface area contributed by atoms with Gasteiger partial charge in [-0.3, -0.25) is 0 Å². The predicted octanol–water partition coefficient (Wildman–Crippen LogP) is 2.78. The molecule has 1 saturated heterocycles. The first-order valence-electron chi connectivity index (χ1n) is 7.77. The summed E-state index contributed by atoms with van der Waals surface area (Å²) < 4.78 is 2.10. The summed E-state index contributed by atoms with van der Waals surface area (Å²) in [4.78, 5) is 6.76. The molecule has 0 amide bonds. The highest BCUT2D eigenvalue weighted by atomic mass is 16.3. The van der Waals surface area contributed by atoms with Crippen molar-refractivity contribution in [3.63, 3.8) is 0 Å². The molecule has 0 aliphatic carbocycles. The van der Waals surface area contributed by atoms with E-state index < -0.39 is 5.60 Å². The van der Waals surface area contributed by atoms with E-state index in [1.165, 1.54) is 5.69 Å². The normalized spacial score (nSPS) is 17.9. The van der Waals surface area contributed by atoms with Gasteiger partial charge in [-0.2, -0.15) is 0 Å².